The van der Waals surface area contributed by atoms with Crippen LogP contribution >= 0.6 is 27.3 Å². The van der Waals surface area contributed by atoms with Gasteiger partial charge in [-0.2, -0.15) is 0 Å². The number of hydrogen-bond donors (Lipinski definition) is 1. The molecule has 0 saturated heterocycles. The van der Waals surface area contributed by atoms with E-state index in [1.807, 2.05) is 60.0 Å². The van der Waals surface area contributed by atoms with Crippen LogP contribution in [0.1, 0.15) is 23.0 Å². The summed E-state index contributed by atoms with van der Waals surface area (Å²) in [6, 6.07) is 16.9. The van der Waals surface area contributed by atoms with Crippen molar-refractivity contribution in [2.75, 3.05) is 6.61 Å². The average Bonchev–Trinajstić information content (AvgIpc) is 3.37. The highest BCUT2D eigenvalue weighted by Gasteiger charge is 2.21. The van der Waals surface area contributed by atoms with Crippen molar-refractivity contribution in [2.45, 2.75) is 6.92 Å². The van der Waals surface area contributed by atoms with Gasteiger partial charge in [-0.05, 0) is 36.8 Å². The van der Waals surface area contributed by atoms with Crippen LogP contribution in [0.5, 0.6) is 5.95 Å². The SMILES string of the molecule is CCOC(=O)c1c(-c2ccc(Br)cc2)csc1N=Cc1nc(-c2ccccc2)oc1O. The topological polar surface area (TPSA) is 84.9 Å². The van der Waals surface area contributed by atoms with Crippen LogP contribution in [0.15, 0.2) is 73.9 Å². The Morgan fingerprint density at radius 2 is 1.94 bits per heavy atom. The van der Waals surface area contributed by atoms with Gasteiger partial charge in [-0.25, -0.2) is 14.8 Å². The summed E-state index contributed by atoms with van der Waals surface area (Å²) in [5, 5.41) is 12.4. The van der Waals surface area contributed by atoms with Gasteiger partial charge >= 0.3 is 11.9 Å². The van der Waals surface area contributed by atoms with Crippen molar-refractivity contribution in [3.05, 3.63) is 75.7 Å². The fourth-order valence-electron chi connectivity index (χ4n) is 2.92. The molecular formula is C23H17BrN2O4S. The third kappa shape index (κ3) is 4.60. The molecule has 8 heteroatoms. The van der Waals surface area contributed by atoms with E-state index in [4.69, 9.17) is 9.15 Å². The van der Waals surface area contributed by atoms with E-state index < -0.39 is 5.97 Å². The first kappa shape index (κ1) is 21.0. The van der Waals surface area contributed by atoms with Crippen LogP contribution in [0.25, 0.3) is 22.6 Å². The van der Waals surface area contributed by atoms with Crippen LogP contribution in [-0.4, -0.2) is 28.9 Å². The number of oxazole rings is 1. The molecular weight excluding hydrogens is 480 g/mol. The van der Waals surface area contributed by atoms with Gasteiger partial charge in [-0.1, -0.05) is 46.3 Å². The van der Waals surface area contributed by atoms with Gasteiger partial charge < -0.3 is 14.3 Å². The molecule has 0 saturated carbocycles. The molecule has 0 aliphatic heterocycles. The number of esters is 1. The number of benzene rings is 2. The molecule has 0 aliphatic carbocycles. The number of rotatable bonds is 6. The van der Waals surface area contributed by atoms with Gasteiger partial charge in [0.05, 0.1) is 12.8 Å². The minimum atomic E-state index is -0.455. The second kappa shape index (κ2) is 9.28. The van der Waals surface area contributed by atoms with Gasteiger partial charge in [0, 0.05) is 21.0 Å². The van der Waals surface area contributed by atoms with Crippen molar-refractivity contribution in [1.29, 1.82) is 0 Å². The van der Waals surface area contributed by atoms with Gasteiger partial charge in [-0.15, -0.1) is 11.3 Å². The average molecular weight is 497 g/mol. The first-order valence-electron chi connectivity index (χ1n) is 9.40. The summed E-state index contributed by atoms with van der Waals surface area (Å²) in [6.07, 6.45) is 1.38. The van der Waals surface area contributed by atoms with Crippen molar-refractivity contribution in [3.8, 4) is 28.5 Å². The predicted molar refractivity (Wildman–Crippen MR) is 124 cm³/mol. The van der Waals surface area contributed by atoms with Crippen LogP contribution in [0.2, 0.25) is 0 Å². The number of halogens is 1. The molecule has 4 rings (SSSR count). The molecule has 1 N–H and O–H groups in total. The van der Waals surface area contributed by atoms with E-state index in [-0.39, 0.29) is 24.1 Å². The third-order valence-corrected chi connectivity index (χ3v) is 5.78. The number of aromatic nitrogens is 1. The number of ether oxygens (including phenoxy) is 1. The maximum Gasteiger partial charge on any atom is 0.341 e. The fourth-order valence-corrected chi connectivity index (χ4v) is 4.09. The van der Waals surface area contributed by atoms with Crippen molar-refractivity contribution < 1.29 is 19.1 Å². The largest absolute Gasteiger partial charge is 0.479 e. The van der Waals surface area contributed by atoms with E-state index in [2.05, 4.69) is 25.9 Å². The minimum Gasteiger partial charge on any atom is -0.479 e. The molecule has 0 bridgehead atoms. The van der Waals surface area contributed by atoms with Crippen LogP contribution < -0.4 is 0 Å². The van der Waals surface area contributed by atoms with E-state index in [0.717, 1.165) is 21.2 Å². The molecule has 6 nitrogen and oxygen atoms in total. The molecule has 0 unspecified atom stereocenters. The van der Waals surface area contributed by atoms with Gasteiger partial charge in [0.1, 0.15) is 10.6 Å². The summed E-state index contributed by atoms with van der Waals surface area (Å²) in [5.74, 6) is -0.514. The van der Waals surface area contributed by atoms with Crippen LogP contribution in [0, 0.1) is 0 Å². The Balaban J connectivity index is 1.70. The van der Waals surface area contributed by atoms with E-state index in [1.54, 1.807) is 6.92 Å². The number of carbonyl (C=O) groups excluding carboxylic acids is 1. The van der Waals surface area contributed by atoms with Crippen LogP contribution in [-0.2, 0) is 4.74 Å². The molecule has 0 spiro atoms. The maximum absolute atomic E-state index is 12.7. The summed E-state index contributed by atoms with van der Waals surface area (Å²) in [5.41, 5.74) is 2.89. The van der Waals surface area contributed by atoms with E-state index in [1.165, 1.54) is 17.6 Å². The fraction of sp³-hybridized carbons (Fsp3) is 0.0870. The second-order valence-electron chi connectivity index (χ2n) is 6.39. The number of carbonyl (C=O) groups is 1. The highest BCUT2D eigenvalue weighted by atomic mass is 79.9. The molecule has 156 valence electrons. The number of nitrogens with zero attached hydrogens (tertiary/aromatic N) is 2. The Kier molecular flexibility index (Phi) is 6.29. The lowest BCUT2D eigenvalue weighted by molar-refractivity contribution is 0.0529. The first-order chi connectivity index (χ1) is 15.1. The lowest BCUT2D eigenvalue weighted by Crippen LogP contribution is -2.05. The molecule has 0 fully saturated rings. The number of aliphatic imine (C=N–C) groups is 1. The summed E-state index contributed by atoms with van der Waals surface area (Å²) in [4.78, 5) is 21.4. The molecule has 2 aromatic carbocycles. The van der Waals surface area contributed by atoms with E-state index >= 15 is 0 Å². The smallest absolute Gasteiger partial charge is 0.341 e. The zero-order valence-electron chi connectivity index (χ0n) is 16.4. The molecule has 4 aromatic rings. The van der Waals surface area contributed by atoms with Crippen molar-refractivity contribution in [2.24, 2.45) is 4.99 Å². The molecule has 0 atom stereocenters. The van der Waals surface area contributed by atoms with Crippen molar-refractivity contribution in [3.63, 3.8) is 0 Å². The highest BCUT2D eigenvalue weighted by Crippen LogP contribution is 2.38. The number of aromatic hydroxyl groups is 1. The monoisotopic (exact) mass is 496 g/mol. The van der Waals surface area contributed by atoms with E-state index in [0.29, 0.717) is 10.6 Å². The summed E-state index contributed by atoms with van der Waals surface area (Å²) >= 11 is 4.73. The van der Waals surface area contributed by atoms with Gasteiger partial charge in [0.2, 0.25) is 5.89 Å². The Morgan fingerprint density at radius 1 is 1.19 bits per heavy atom. The molecule has 0 aliphatic rings. The molecule has 2 aromatic heterocycles. The first-order valence-corrected chi connectivity index (χ1v) is 11.1. The normalized spacial score (nSPS) is 11.2. The van der Waals surface area contributed by atoms with Gasteiger partial charge in [0.25, 0.3) is 0 Å². The summed E-state index contributed by atoms with van der Waals surface area (Å²) < 4.78 is 11.5. The Hall–Kier alpha value is -3.23. The molecule has 31 heavy (non-hydrogen) atoms. The summed E-state index contributed by atoms with van der Waals surface area (Å²) in [7, 11) is 0. The Labute approximate surface area is 191 Å². The lowest BCUT2D eigenvalue weighted by atomic mass is 10.0. The van der Waals surface area contributed by atoms with Crippen molar-refractivity contribution >= 4 is 44.5 Å². The number of thiophene rings is 1. The lowest BCUT2D eigenvalue weighted by Gasteiger charge is -2.05. The molecule has 2 heterocycles. The third-order valence-electron chi connectivity index (χ3n) is 4.37. The Morgan fingerprint density at radius 3 is 2.65 bits per heavy atom. The number of hydrogen-bond acceptors (Lipinski definition) is 7. The Bertz CT molecular complexity index is 1230. The zero-order chi connectivity index (χ0) is 21.8. The van der Waals surface area contributed by atoms with Gasteiger partial charge in [-0.3, -0.25) is 0 Å². The summed E-state index contributed by atoms with van der Waals surface area (Å²) in [6.45, 7) is 2.01. The quantitative estimate of drug-likeness (QED) is 0.244. The predicted octanol–water partition coefficient (Wildman–Crippen LogP) is 6.47. The highest BCUT2D eigenvalue weighted by molar-refractivity contribution is 9.10. The molecule has 0 amide bonds. The second-order valence-corrected chi connectivity index (χ2v) is 8.16. The van der Waals surface area contributed by atoms with Crippen LogP contribution in [0.4, 0.5) is 5.00 Å². The van der Waals surface area contributed by atoms with Gasteiger partial charge in [0.15, 0.2) is 5.69 Å². The molecule has 0 radical (unpaired) electrons. The minimum absolute atomic E-state index is 0.173. The maximum atomic E-state index is 12.7. The zero-order valence-corrected chi connectivity index (χ0v) is 18.8. The standard InChI is InChI=1S/C23H17BrN2O4S/c1-2-29-23(28)19-17(14-8-10-16(24)11-9-14)13-31-21(19)25-12-18-22(27)30-20(26-18)15-6-4-3-5-7-15/h3-13,27H,2H2,1H3. The van der Waals surface area contributed by atoms with Crippen molar-refractivity contribution in [1.82, 2.24) is 4.98 Å². The van der Waals surface area contributed by atoms with E-state index in [9.17, 15) is 9.90 Å². The van der Waals surface area contributed by atoms with Crippen LogP contribution in [0.3, 0.4) is 0 Å².